The van der Waals surface area contributed by atoms with E-state index < -0.39 is 59.5 Å². The summed E-state index contributed by atoms with van der Waals surface area (Å²) in [5.74, 6) is -6.89. The summed E-state index contributed by atoms with van der Waals surface area (Å²) in [6, 6.07) is 7.12. The molecule has 0 spiro atoms. The van der Waals surface area contributed by atoms with Crippen LogP contribution in [0.4, 0.5) is 11.4 Å². The Balaban J connectivity index is 2.03. The zero-order valence-corrected chi connectivity index (χ0v) is 14.2. The topological polar surface area (TPSA) is 156 Å². The van der Waals surface area contributed by atoms with Crippen LogP contribution in [0.15, 0.2) is 36.4 Å². The number of phenols is 4. The molecule has 10 heteroatoms. The lowest BCUT2D eigenvalue weighted by molar-refractivity contribution is -0.134. The number of hydrogen-bond acceptors (Lipinski definition) is 8. The van der Waals surface area contributed by atoms with Gasteiger partial charge in [-0.1, -0.05) is 12.1 Å². The maximum Gasteiger partial charge on any atom is 0.243 e. The summed E-state index contributed by atoms with van der Waals surface area (Å²) in [5, 5.41) is 39.1. The molecule has 4 amide bonds. The van der Waals surface area contributed by atoms with Crippen molar-refractivity contribution in [3.05, 3.63) is 36.4 Å². The Morgan fingerprint density at radius 2 is 0.893 bits per heavy atom. The van der Waals surface area contributed by atoms with Gasteiger partial charge in [0.15, 0.2) is 23.0 Å². The largest absolute Gasteiger partial charge is 0.504 e. The van der Waals surface area contributed by atoms with E-state index >= 15 is 0 Å². The number of aromatic hydroxyl groups is 4. The first kappa shape index (κ1) is 18.7. The molecule has 1 aliphatic heterocycles. The summed E-state index contributed by atoms with van der Waals surface area (Å²) in [6.07, 6.45) is -1.89. The van der Waals surface area contributed by atoms with Gasteiger partial charge in [-0.3, -0.25) is 19.2 Å². The average Bonchev–Trinajstić information content (AvgIpc) is 2.62. The zero-order valence-electron chi connectivity index (χ0n) is 14.2. The van der Waals surface area contributed by atoms with E-state index in [1.807, 2.05) is 0 Å². The second-order valence-electron chi connectivity index (χ2n) is 5.89. The minimum atomic E-state index is -1.05. The number of benzene rings is 2. The standard InChI is InChI=1S/C18H14N2O8/c21-11-5-1-3-9(17(11)27)19-13(23)7-15(25)20(16(26)8-14(19)24)10-4-2-6-12(22)18(10)28/h1-6,21-22,27-28H,7-8H2. The smallest absolute Gasteiger partial charge is 0.243 e. The number of amides is 4. The molecule has 0 atom stereocenters. The van der Waals surface area contributed by atoms with Gasteiger partial charge >= 0.3 is 0 Å². The van der Waals surface area contributed by atoms with Crippen LogP contribution in [-0.2, 0) is 19.2 Å². The van der Waals surface area contributed by atoms with Gasteiger partial charge < -0.3 is 20.4 Å². The molecule has 2 aromatic carbocycles. The third kappa shape index (κ3) is 3.07. The number of imide groups is 2. The van der Waals surface area contributed by atoms with Crippen LogP contribution in [0.5, 0.6) is 23.0 Å². The summed E-state index contributed by atoms with van der Waals surface area (Å²) < 4.78 is 0. The molecular formula is C18H14N2O8. The van der Waals surface area contributed by atoms with Gasteiger partial charge in [-0.15, -0.1) is 0 Å². The van der Waals surface area contributed by atoms with E-state index in [9.17, 15) is 39.6 Å². The fourth-order valence-electron chi connectivity index (χ4n) is 2.79. The Kier molecular flexibility index (Phi) is 4.62. The monoisotopic (exact) mass is 386 g/mol. The molecule has 28 heavy (non-hydrogen) atoms. The fraction of sp³-hybridized carbons (Fsp3) is 0.111. The molecule has 0 saturated carbocycles. The molecule has 1 saturated heterocycles. The molecule has 1 aliphatic rings. The van der Waals surface area contributed by atoms with E-state index in [4.69, 9.17) is 0 Å². The van der Waals surface area contributed by atoms with Gasteiger partial charge in [-0.25, -0.2) is 9.80 Å². The van der Waals surface area contributed by atoms with E-state index in [0.717, 1.165) is 12.1 Å². The van der Waals surface area contributed by atoms with Crippen molar-refractivity contribution in [3.63, 3.8) is 0 Å². The Bertz CT molecular complexity index is 907. The first-order valence-electron chi connectivity index (χ1n) is 7.95. The van der Waals surface area contributed by atoms with Gasteiger partial charge in [0.2, 0.25) is 23.6 Å². The van der Waals surface area contributed by atoms with Crippen LogP contribution < -0.4 is 9.80 Å². The van der Waals surface area contributed by atoms with Gasteiger partial charge in [-0.05, 0) is 24.3 Å². The third-order valence-electron chi connectivity index (χ3n) is 4.07. The molecule has 4 N–H and O–H groups in total. The lowest BCUT2D eigenvalue weighted by Crippen LogP contribution is -2.49. The van der Waals surface area contributed by atoms with Crippen LogP contribution >= 0.6 is 0 Å². The number of anilines is 2. The molecule has 1 fully saturated rings. The van der Waals surface area contributed by atoms with Crippen molar-refractivity contribution in [2.24, 2.45) is 0 Å². The fourth-order valence-corrected chi connectivity index (χ4v) is 2.79. The SMILES string of the molecule is O=C1CC(=O)N(c2cccc(O)c2O)C(=O)CC(=O)N1c1cccc(O)c1O. The quantitative estimate of drug-likeness (QED) is 0.334. The van der Waals surface area contributed by atoms with E-state index in [-0.39, 0.29) is 11.4 Å². The second kappa shape index (κ2) is 6.91. The van der Waals surface area contributed by atoms with Crippen molar-refractivity contribution >= 4 is 35.0 Å². The van der Waals surface area contributed by atoms with Crippen molar-refractivity contribution in [2.75, 3.05) is 9.80 Å². The molecule has 3 rings (SSSR count). The van der Waals surface area contributed by atoms with Crippen molar-refractivity contribution in [3.8, 4) is 23.0 Å². The van der Waals surface area contributed by atoms with E-state index in [0.29, 0.717) is 9.80 Å². The van der Waals surface area contributed by atoms with Crippen LogP contribution in [0.1, 0.15) is 12.8 Å². The molecule has 0 radical (unpaired) electrons. The molecule has 1 heterocycles. The maximum absolute atomic E-state index is 12.5. The minimum absolute atomic E-state index is 0.371. The van der Waals surface area contributed by atoms with Crippen LogP contribution in [0.3, 0.4) is 0 Å². The van der Waals surface area contributed by atoms with Crippen LogP contribution in [0.25, 0.3) is 0 Å². The lowest BCUT2D eigenvalue weighted by atomic mass is 10.1. The lowest BCUT2D eigenvalue weighted by Gasteiger charge is -2.28. The number of hydrogen-bond donors (Lipinski definition) is 4. The van der Waals surface area contributed by atoms with Crippen molar-refractivity contribution in [2.45, 2.75) is 12.8 Å². The second-order valence-corrected chi connectivity index (χ2v) is 5.89. The highest BCUT2D eigenvalue weighted by atomic mass is 16.3. The Labute approximate surface area is 157 Å². The van der Waals surface area contributed by atoms with Crippen LogP contribution in [0.2, 0.25) is 0 Å². The van der Waals surface area contributed by atoms with E-state index in [2.05, 4.69) is 0 Å². The molecule has 0 unspecified atom stereocenters. The molecule has 0 aliphatic carbocycles. The summed E-state index contributed by atoms with van der Waals surface area (Å²) in [4.78, 5) is 51.0. The molecule has 144 valence electrons. The summed E-state index contributed by atoms with van der Waals surface area (Å²) in [7, 11) is 0. The van der Waals surface area contributed by atoms with E-state index in [1.165, 1.54) is 24.3 Å². The number of rotatable bonds is 2. The molecule has 0 aromatic heterocycles. The predicted molar refractivity (Wildman–Crippen MR) is 93.8 cm³/mol. The number of carbonyl (C=O) groups excluding carboxylic acids is 4. The first-order valence-corrected chi connectivity index (χ1v) is 7.95. The van der Waals surface area contributed by atoms with Crippen molar-refractivity contribution in [1.29, 1.82) is 0 Å². The number of nitrogens with zero attached hydrogens (tertiary/aromatic N) is 2. The highest BCUT2D eigenvalue weighted by molar-refractivity contribution is 6.32. The highest BCUT2D eigenvalue weighted by Crippen LogP contribution is 2.38. The zero-order chi connectivity index (χ0) is 20.6. The minimum Gasteiger partial charge on any atom is -0.504 e. The Hall–Kier alpha value is -4.08. The van der Waals surface area contributed by atoms with Gasteiger partial charge in [0, 0.05) is 0 Å². The number of para-hydroxylation sites is 2. The number of carbonyl (C=O) groups is 4. The van der Waals surface area contributed by atoms with Crippen LogP contribution in [-0.4, -0.2) is 44.1 Å². The summed E-state index contributed by atoms with van der Waals surface area (Å²) in [5.41, 5.74) is -0.742. The van der Waals surface area contributed by atoms with E-state index in [1.54, 1.807) is 0 Å². The summed E-state index contributed by atoms with van der Waals surface area (Å²) in [6.45, 7) is 0. The van der Waals surface area contributed by atoms with Gasteiger partial charge in [0.1, 0.15) is 12.8 Å². The van der Waals surface area contributed by atoms with Crippen molar-refractivity contribution in [1.82, 2.24) is 0 Å². The Morgan fingerprint density at radius 1 is 0.571 bits per heavy atom. The highest BCUT2D eigenvalue weighted by Gasteiger charge is 2.38. The van der Waals surface area contributed by atoms with Gasteiger partial charge in [-0.2, -0.15) is 0 Å². The average molecular weight is 386 g/mol. The normalized spacial score (nSPS) is 15.6. The molecule has 2 aromatic rings. The predicted octanol–water partition coefficient (Wildman–Crippen LogP) is 0.722. The van der Waals surface area contributed by atoms with Crippen LogP contribution in [0, 0.1) is 0 Å². The van der Waals surface area contributed by atoms with Gasteiger partial charge in [0.25, 0.3) is 0 Å². The summed E-state index contributed by atoms with van der Waals surface area (Å²) >= 11 is 0. The maximum atomic E-state index is 12.5. The molecular weight excluding hydrogens is 372 g/mol. The Morgan fingerprint density at radius 3 is 1.21 bits per heavy atom. The molecule has 0 bridgehead atoms. The first-order chi connectivity index (χ1) is 13.2. The molecule has 10 nitrogen and oxygen atoms in total. The van der Waals surface area contributed by atoms with Gasteiger partial charge in [0.05, 0.1) is 11.4 Å². The van der Waals surface area contributed by atoms with Crippen molar-refractivity contribution < 1.29 is 39.6 Å². The third-order valence-corrected chi connectivity index (χ3v) is 4.07. The number of phenolic OH excluding ortho intramolecular Hbond substituents is 4.